The molecule has 2 nitrogen and oxygen atoms in total. The number of aryl methyl sites for hydroxylation is 1. The lowest BCUT2D eigenvalue weighted by Gasteiger charge is -2.15. The Morgan fingerprint density at radius 1 is 1.56 bits per heavy atom. The molecule has 16 heavy (non-hydrogen) atoms. The van der Waals surface area contributed by atoms with E-state index in [0.29, 0.717) is 0 Å². The van der Waals surface area contributed by atoms with E-state index < -0.39 is 0 Å². The lowest BCUT2D eigenvalue weighted by Crippen LogP contribution is -2.29. The summed E-state index contributed by atoms with van der Waals surface area (Å²) in [6, 6.07) is 3.10. The number of hydrogen-bond donors (Lipinski definition) is 1. The Bertz CT molecular complexity index is 327. The largest absolute Gasteiger partial charge is 0.313 e. The number of nitrogens with zero attached hydrogens (tertiary/aromatic N) is 1. The summed E-state index contributed by atoms with van der Waals surface area (Å²) in [5.41, 5.74) is 1.35. The first-order valence-corrected chi connectivity index (χ1v) is 7.43. The van der Waals surface area contributed by atoms with Crippen molar-refractivity contribution in [2.75, 3.05) is 20.1 Å². The molecule has 1 aromatic rings. The van der Waals surface area contributed by atoms with Crippen molar-refractivity contribution in [2.24, 2.45) is 0 Å². The van der Waals surface area contributed by atoms with Crippen LogP contribution in [0.2, 0.25) is 0 Å². The zero-order valence-corrected chi connectivity index (χ0v) is 12.3. The SMILES string of the molecule is Cc1cc(CN(C)CCNC2CC2)sc1Br. The second-order valence-electron chi connectivity index (χ2n) is 4.64. The average molecular weight is 303 g/mol. The zero-order valence-electron chi connectivity index (χ0n) is 9.92. The summed E-state index contributed by atoms with van der Waals surface area (Å²) in [5.74, 6) is 0. The van der Waals surface area contributed by atoms with Crippen LogP contribution in [0.5, 0.6) is 0 Å². The third-order valence-corrected chi connectivity index (χ3v) is 4.96. The summed E-state index contributed by atoms with van der Waals surface area (Å²) >= 11 is 5.42. The molecule has 0 amide bonds. The normalized spacial score (nSPS) is 16.0. The molecule has 0 radical (unpaired) electrons. The van der Waals surface area contributed by atoms with E-state index in [1.807, 2.05) is 11.3 Å². The van der Waals surface area contributed by atoms with Crippen LogP contribution < -0.4 is 5.32 Å². The maximum Gasteiger partial charge on any atom is 0.0730 e. The Morgan fingerprint density at radius 3 is 2.88 bits per heavy atom. The lowest BCUT2D eigenvalue weighted by atomic mass is 10.3. The van der Waals surface area contributed by atoms with Crippen molar-refractivity contribution in [3.05, 3.63) is 20.3 Å². The molecule has 2 rings (SSSR count). The Morgan fingerprint density at radius 2 is 2.31 bits per heavy atom. The van der Waals surface area contributed by atoms with Crippen molar-refractivity contribution in [3.63, 3.8) is 0 Å². The van der Waals surface area contributed by atoms with Gasteiger partial charge < -0.3 is 10.2 Å². The third-order valence-electron chi connectivity index (χ3n) is 2.84. The second-order valence-corrected chi connectivity index (χ2v) is 7.09. The van der Waals surface area contributed by atoms with Gasteiger partial charge in [0.15, 0.2) is 0 Å². The van der Waals surface area contributed by atoms with Crippen molar-refractivity contribution in [2.45, 2.75) is 32.4 Å². The van der Waals surface area contributed by atoms with Crippen LogP contribution in [-0.4, -0.2) is 31.1 Å². The van der Waals surface area contributed by atoms with Crippen LogP contribution in [0.4, 0.5) is 0 Å². The van der Waals surface area contributed by atoms with Gasteiger partial charge in [-0.25, -0.2) is 0 Å². The highest BCUT2D eigenvalue weighted by Crippen LogP contribution is 2.27. The van der Waals surface area contributed by atoms with E-state index in [1.165, 1.54) is 27.1 Å². The first kappa shape index (κ1) is 12.6. The Kier molecular flexibility index (Phi) is 4.41. The highest BCUT2D eigenvalue weighted by Gasteiger charge is 2.19. The lowest BCUT2D eigenvalue weighted by molar-refractivity contribution is 0.326. The van der Waals surface area contributed by atoms with Crippen molar-refractivity contribution < 1.29 is 0 Å². The van der Waals surface area contributed by atoms with E-state index in [-0.39, 0.29) is 0 Å². The molecule has 0 aromatic carbocycles. The zero-order chi connectivity index (χ0) is 11.5. The minimum Gasteiger partial charge on any atom is -0.313 e. The molecule has 0 unspecified atom stereocenters. The Balaban J connectivity index is 1.70. The minimum atomic E-state index is 0.825. The first-order chi connectivity index (χ1) is 7.65. The molecule has 90 valence electrons. The van der Waals surface area contributed by atoms with Crippen LogP contribution in [0.15, 0.2) is 9.85 Å². The highest BCUT2D eigenvalue weighted by molar-refractivity contribution is 9.11. The van der Waals surface area contributed by atoms with E-state index >= 15 is 0 Å². The van der Waals surface area contributed by atoms with Gasteiger partial charge in [-0.15, -0.1) is 11.3 Å². The molecular formula is C12H19BrN2S. The van der Waals surface area contributed by atoms with Crippen molar-refractivity contribution in [3.8, 4) is 0 Å². The number of hydrogen-bond acceptors (Lipinski definition) is 3. The summed E-state index contributed by atoms with van der Waals surface area (Å²) in [7, 11) is 2.19. The molecule has 1 aromatic heterocycles. The van der Waals surface area contributed by atoms with E-state index in [4.69, 9.17) is 0 Å². The number of thiophene rings is 1. The maximum atomic E-state index is 3.57. The molecule has 0 atom stereocenters. The van der Waals surface area contributed by atoms with Gasteiger partial charge in [0.1, 0.15) is 0 Å². The fourth-order valence-corrected chi connectivity index (χ4v) is 3.40. The predicted octanol–water partition coefficient (Wildman–Crippen LogP) is 3.00. The molecule has 4 heteroatoms. The molecule has 0 aliphatic heterocycles. The molecule has 1 saturated carbocycles. The van der Waals surface area contributed by atoms with Gasteiger partial charge in [0.05, 0.1) is 3.79 Å². The molecule has 0 saturated heterocycles. The van der Waals surface area contributed by atoms with Gasteiger partial charge in [-0.3, -0.25) is 0 Å². The first-order valence-electron chi connectivity index (χ1n) is 5.82. The van der Waals surface area contributed by atoms with Crippen molar-refractivity contribution in [1.29, 1.82) is 0 Å². The van der Waals surface area contributed by atoms with Crippen molar-refractivity contribution >= 4 is 27.3 Å². The smallest absolute Gasteiger partial charge is 0.0730 e. The van der Waals surface area contributed by atoms with Crippen LogP contribution in [0.3, 0.4) is 0 Å². The van der Waals surface area contributed by atoms with E-state index in [1.54, 1.807) is 0 Å². The molecule has 0 spiro atoms. The van der Waals surface area contributed by atoms with Crippen LogP contribution in [0.1, 0.15) is 23.3 Å². The van der Waals surface area contributed by atoms with Gasteiger partial charge in [0.2, 0.25) is 0 Å². The topological polar surface area (TPSA) is 15.3 Å². The monoisotopic (exact) mass is 302 g/mol. The number of rotatable bonds is 6. The summed E-state index contributed by atoms with van der Waals surface area (Å²) in [4.78, 5) is 3.82. The molecule has 1 aliphatic carbocycles. The maximum absolute atomic E-state index is 3.57. The number of likely N-dealkylation sites (N-methyl/N-ethyl adjacent to an activating group) is 1. The molecule has 1 aliphatic rings. The van der Waals surface area contributed by atoms with E-state index in [0.717, 1.165) is 25.7 Å². The van der Waals surface area contributed by atoms with Gasteiger partial charge in [0.25, 0.3) is 0 Å². The van der Waals surface area contributed by atoms with Crippen LogP contribution >= 0.6 is 27.3 Å². The van der Waals surface area contributed by atoms with Gasteiger partial charge in [-0.2, -0.15) is 0 Å². The minimum absolute atomic E-state index is 0.825. The summed E-state index contributed by atoms with van der Waals surface area (Å²) in [5, 5.41) is 3.54. The number of nitrogens with one attached hydrogen (secondary N) is 1. The van der Waals surface area contributed by atoms with Crippen LogP contribution in [0, 0.1) is 6.92 Å². The van der Waals surface area contributed by atoms with Gasteiger partial charge >= 0.3 is 0 Å². The summed E-state index contributed by atoms with van der Waals surface area (Å²) in [6.45, 7) is 5.46. The summed E-state index contributed by atoms with van der Waals surface area (Å²) in [6.07, 6.45) is 2.75. The molecule has 0 bridgehead atoms. The summed E-state index contributed by atoms with van der Waals surface area (Å²) < 4.78 is 1.27. The van der Waals surface area contributed by atoms with Crippen LogP contribution in [-0.2, 0) is 6.54 Å². The fourth-order valence-electron chi connectivity index (χ4n) is 1.69. The molecule has 1 fully saturated rings. The van der Waals surface area contributed by atoms with Gasteiger partial charge in [-0.05, 0) is 54.4 Å². The highest BCUT2D eigenvalue weighted by atomic mass is 79.9. The quantitative estimate of drug-likeness (QED) is 0.869. The Hall–Kier alpha value is 0.100. The predicted molar refractivity (Wildman–Crippen MR) is 74.1 cm³/mol. The standard InChI is InChI=1S/C12H19BrN2S/c1-9-7-11(16-12(9)13)8-15(2)6-5-14-10-3-4-10/h7,10,14H,3-6,8H2,1-2H3. The van der Waals surface area contributed by atoms with Gasteiger partial charge in [0, 0.05) is 30.6 Å². The third kappa shape index (κ3) is 3.84. The average Bonchev–Trinajstić information content (AvgIpc) is 2.96. The van der Waals surface area contributed by atoms with Crippen molar-refractivity contribution in [1.82, 2.24) is 10.2 Å². The molecule has 1 N–H and O–H groups in total. The molecular weight excluding hydrogens is 284 g/mol. The van der Waals surface area contributed by atoms with E-state index in [2.05, 4.69) is 46.2 Å². The molecule has 1 heterocycles. The van der Waals surface area contributed by atoms with Gasteiger partial charge in [-0.1, -0.05) is 0 Å². The fraction of sp³-hybridized carbons (Fsp3) is 0.667. The van der Waals surface area contributed by atoms with Crippen LogP contribution in [0.25, 0.3) is 0 Å². The van der Waals surface area contributed by atoms with E-state index in [9.17, 15) is 0 Å². The number of halogens is 1. The Labute approximate surface area is 110 Å². The second kappa shape index (κ2) is 5.63.